The number of alkyl halides is 3. The number of benzene rings is 1. The van der Waals surface area contributed by atoms with Crippen LogP contribution in [0.2, 0.25) is 0 Å². The van der Waals surface area contributed by atoms with E-state index >= 15 is 0 Å². The summed E-state index contributed by atoms with van der Waals surface area (Å²) in [6.45, 7) is -0.721. The van der Waals surface area contributed by atoms with Crippen molar-refractivity contribution < 1.29 is 22.3 Å². The minimum absolute atomic E-state index is 0.00934. The second kappa shape index (κ2) is 6.41. The van der Waals surface area contributed by atoms with Gasteiger partial charge in [-0.25, -0.2) is 22.5 Å². The number of halogens is 5. The zero-order valence-corrected chi connectivity index (χ0v) is 11.0. The van der Waals surface area contributed by atoms with Gasteiger partial charge in [0, 0.05) is 6.54 Å². The van der Waals surface area contributed by atoms with E-state index in [4.69, 9.17) is 16.3 Å². The first-order valence-corrected chi connectivity index (χ1v) is 6.33. The van der Waals surface area contributed by atoms with E-state index in [-0.39, 0.29) is 30.1 Å². The van der Waals surface area contributed by atoms with Crippen molar-refractivity contribution in [3.63, 3.8) is 0 Å². The maximum Gasteiger partial charge on any atom is 0.261 e. The van der Waals surface area contributed by atoms with Crippen molar-refractivity contribution in [1.82, 2.24) is 9.55 Å². The van der Waals surface area contributed by atoms with Crippen LogP contribution in [-0.4, -0.2) is 29.2 Å². The number of imidazole rings is 1. The molecule has 2 aromatic rings. The standard InChI is InChI=1S/C12H11ClF4N2O/c13-5-10-18-8-2-1-7(14)11(17)12(8)19(10)3-4-20-6-9(15)16/h1-2,9H,3-6H2. The van der Waals surface area contributed by atoms with Gasteiger partial charge in [0.1, 0.15) is 17.9 Å². The van der Waals surface area contributed by atoms with Crippen LogP contribution in [0.4, 0.5) is 17.6 Å². The van der Waals surface area contributed by atoms with Crippen molar-refractivity contribution in [3.05, 3.63) is 29.6 Å². The number of hydrogen-bond donors (Lipinski definition) is 0. The zero-order valence-electron chi connectivity index (χ0n) is 10.3. The number of fused-ring (bicyclic) bond motifs is 1. The van der Waals surface area contributed by atoms with E-state index in [9.17, 15) is 17.6 Å². The van der Waals surface area contributed by atoms with Crippen LogP contribution in [0, 0.1) is 11.6 Å². The predicted octanol–water partition coefficient (Wildman–Crippen LogP) is 3.34. The summed E-state index contributed by atoms with van der Waals surface area (Å²) in [5, 5.41) is 0. The third-order valence-electron chi connectivity index (χ3n) is 2.70. The largest absolute Gasteiger partial charge is 0.374 e. The minimum atomic E-state index is -2.57. The van der Waals surface area contributed by atoms with Gasteiger partial charge in [0.05, 0.1) is 18.0 Å². The molecular weight excluding hydrogens is 300 g/mol. The molecule has 0 saturated heterocycles. The molecule has 0 aliphatic heterocycles. The maximum atomic E-state index is 13.8. The summed E-state index contributed by atoms with van der Waals surface area (Å²) in [5.41, 5.74) is 0.217. The molecule has 0 aliphatic carbocycles. The highest BCUT2D eigenvalue weighted by atomic mass is 35.5. The highest BCUT2D eigenvalue weighted by Gasteiger charge is 2.17. The summed E-state index contributed by atoms with van der Waals surface area (Å²) in [6.07, 6.45) is -2.57. The lowest BCUT2D eigenvalue weighted by atomic mass is 10.3. The van der Waals surface area contributed by atoms with Crippen molar-refractivity contribution in [3.8, 4) is 0 Å². The average Bonchev–Trinajstić information content (AvgIpc) is 2.77. The highest BCUT2D eigenvalue weighted by molar-refractivity contribution is 6.16. The molecule has 1 aromatic carbocycles. The van der Waals surface area contributed by atoms with Gasteiger partial charge in [-0.15, -0.1) is 11.6 Å². The van der Waals surface area contributed by atoms with Crippen LogP contribution >= 0.6 is 11.6 Å². The molecule has 0 atom stereocenters. The van der Waals surface area contributed by atoms with Crippen molar-refractivity contribution >= 4 is 22.6 Å². The highest BCUT2D eigenvalue weighted by Crippen LogP contribution is 2.22. The molecule has 0 spiro atoms. The third-order valence-corrected chi connectivity index (χ3v) is 2.94. The second-order valence-electron chi connectivity index (χ2n) is 4.01. The zero-order chi connectivity index (χ0) is 14.7. The van der Waals surface area contributed by atoms with Gasteiger partial charge in [-0.1, -0.05) is 0 Å². The Labute approximate surface area is 117 Å². The molecule has 8 heteroatoms. The van der Waals surface area contributed by atoms with E-state index in [1.54, 1.807) is 0 Å². The van der Waals surface area contributed by atoms with E-state index in [1.807, 2.05) is 0 Å². The Morgan fingerprint density at radius 1 is 1.30 bits per heavy atom. The summed E-state index contributed by atoms with van der Waals surface area (Å²) >= 11 is 5.70. The molecule has 0 N–H and O–H groups in total. The van der Waals surface area contributed by atoms with Gasteiger partial charge in [0.15, 0.2) is 11.6 Å². The Hall–Kier alpha value is -1.34. The molecule has 0 amide bonds. The molecule has 2 rings (SSSR count). The van der Waals surface area contributed by atoms with Gasteiger partial charge in [-0.3, -0.25) is 0 Å². The number of hydrogen-bond acceptors (Lipinski definition) is 2. The molecule has 1 aromatic heterocycles. The summed E-state index contributed by atoms with van der Waals surface area (Å²) in [7, 11) is 0. The topological polar surface area (TPSA) is 27.1 Å². The van der Waals surface area contributed by atoms with Crippen LogP contribution in [-0.2, 0) is 17.2 Å². The Morgan fingerprint density at radius 2 is 2.05 bits per heavy atom. The molecular formula is C12H11ClF4N2O. The molecule has 0 aliphatic rings. The quantitative estimate of drug-likeness (QED) is 0.465. The summed E-state index contributed by atoms with van der Waals surface area (Å²) in [6, 6.07) is 2.31. The Balaban J connectivity index is 2.27. The fourth-order valence-electron chi connectivity index (χ4n) is 1.88. The summed E-state index contributed by atoms with van der Waals surface area (Å²) < 4.78 is 57.0. The molecule has 0 radical (unpaired) electrons. The van der Waals surface area contributed by atoms with Crippen LogP contribution in [0.15, 0.2) is 12.1 Å². The van der Waals surface area contributed by atoms with Crippen LogP contribution in [0.5, 0.6) is 0 Å². The number of nitrogens with zero attached hydrogens (tertiary/aromatic N) is 2. The van der Waals surface area contributed by atoms with E-state index < -0.39 is 24.7 Å². The van der Waals surface area contributed by atoms with E-state index in [0.29, 0.717) is 5.82 Å². The lowest BCUT2D eigenvalue weighted by molar-refractivity contribution is 0.0148. The normalized spacial score (nSPS) is 11.7. The lowest BCUT2D eigenvalue weighted by Crippen LogP contribution is -2.12. The van der Waals surface area contributed by atoms with Crippen LogP contribution in [0.1, 0.15) is 5.82 Å². The fourth-order valence-corrected chi connectivity index (χ4v) is 2.08. The molecule has 0 fully saturated rings. The minimum Gasteiger partial charge on any atom is -0.374 e. The summed E-state index contributed by atoms with van der Waals surface area (Å²) in [5.74, 6) is -1.73. The van der Waals surface area contributed by atoms with Gasteiger partial charge in [-0.05, 0) is 12.1 Å². The van der Waals surface area contributed by atoms with Gasteiger partial charge in [0.25, 0.3) is 6.43 Å². The third kappa shape index (κ3) is 3.04. The number of aromatic nitrogens is 2. The first kappa shape index (κ1) is 15.1. The number of ether oxygens (including phenoxy) is 1. The fraction of sp³-hybridized carbons (Fsp3) is 0.417. The number of rotatable bonds is 6. The average molecular weight is 311 g/mol. The molecule has 0 unspecified atom stereocenters. The van der Waals surface area contributed by atoms with E-state index in [1.165, 1.54) is 10.6 Å². The van der Waals surface area contributed by atoms with E-state index in [2.05, 4.69) is 4.98 Å². The molecule has 0 bridgehead atoms. The molecule has 3 nitrogen and oxygen atoms in total. The van der Waals surface area contributed by atoms with Crippen LogP contribution in [0.25, 0.3) is 11.0 Å². The van der Waals surface area contributed by atoms with Gasteiger partial charge < -0.3 is 9.30 Å². The second-order valence-corrected chi connectivity index (χ2v) is 4.28. The predicted molar refractivity (Wildman–Crippen MR) is 66.0 cm³/mol. The Bertz CT molecular complexity index is 603. The van der Waals surface area contributed by atoms with Crippen LogP contribution < -0.4 is 0 Å². The molecule has 110 valence electrons. The van der Waals surface area contributed by atoms with Gasteiger partial charge in [0.2, 0.25) is 0 Å². The first-order valence-electron chi connectivity index (χ1n) is 5.79. The van der Waals surface area contributed by atoms with Gasteiger partial charge in [-0.2, -0.15) is 0 Å². The molecule has 20 heavy (non-hydrogen) atoms. The van der Waals surface area contributed by atoms with Crippen molar-refractivity contribution in [2.45, 2.75) is 18.9 Å². The van der Waals surface area contributed by atoms with E-state index in [0.717, 1.165) is 6.07 Å². The van der Waals surface area contributed by atoms with Crippen molar-refractivity contribution in [2.24, 2.45) is 0 Å². The van der Waals surface area contributed by atoms with Crippen molar-refractivity contribution in [1.29, 1.82) is 0 Å². The summed E-state index contributed by atoms with van der Waals surface area (Å²) in [4.78, 5) is 4.07. The smallest absolute Gasteiger partial charge is 0.261 e. The van der Waals surface area contributed by atoms with Crippen LogP contribution in [0.3, 0.4) is 0 Å². The maximum absolute atomic E-state index is 13.8. The Kier molecular flexibility index (Phi) is 4.82. The molecule has 0 saturated carbocycles. The Morgan fingerprint density at radius 3 is 2.70 bits per heavy atom. The van der Waals surface area contributed by atoms with Crippen molar-refractivity contribution in [2.75, 3.05) is 13.2 Å². The first-order chi connectivity index (χ1) is 9.54. The lowest BCUT2D eigenvalue weighted by Gasteiger charge is -2.09. The monoisotopic (exact) mass is 310 g/mol. The SMILES string of the molecule is Fc1ccc2nc(CCl)n(CCOCC(F)F)c2c1F. The molecule has 1 heterocycles. The van der Waals surface area contributed by atoms with Gasteiger partial charge >= 0.3 is 0 Å².